The number of rotatable bonds is 3. The van der Waals surface area contributed by atoms with Gasteiger partial charge in [0.15, 0.2) is 5.75 Å². The molecule has 1 aromatic carbocycles. The Labute approximate surface area is 112 Å². The monoisotopic (exact) mass is 261 g/mol. The molecule has 0 bridgehead atoms. The lowest BCUT2D eigenvalue weighted by Gasteiger charge is -2.20. The van der Waals surface area contributed by atoms with Crippen molar-refractivity contribution in [3.05, 3.63) is 23.5 Å². The molecule has 0 radical (unpaired) electrons. The summed E-state index contributed by atoms with van der Waals surface area (Å²) >= 11 is 0. The molecule has 0 aliphatic carbocycles. The van der Waals surface area contributed by atoms with Gasteiger partial charge in [-0.2, -0.15) is 0 Å². The zero-order valence-electron chi connectivity index (χ0n) is 11.1. The molecule has 19 heavy (non-hydrogen) atoms. The van der Waals surface area contributed by atoms with Crippen LogP contribution in [0.1, 0.15) is 36.8 Å². The first-order valence-corrected chi connectivity index (χ1v) is 6.70. The first kappa shape index (κ1) is 12.4. The molecular formula is C14H19N3O2. The predicted molar refractivity (Wildman–Crippen MR) is 73.1 cm³/mol. The molecular weight excluding hydrogens is 242 g/mol. The van der Waals surface area contributed by atoms with E-state index >= 15 is 0 Å². The van der Waals surface area contributed by atoms with Gasteiger partial charge in [0.25, 0.3) is 0 Å². The Morgan fingerprint density at radius 1 is 1.47 bits per heavy atom. The van der Waals surface area contributed by atoms with Crippen molar-refractivity contribution in [3.63, 3.8) is 0 Å². The molecule has 102 valence electrons. The standard InChI is InChI=1S/C14H19N3O2/c1-18-13-9(8-15)5-6-10-12(13)17-14(16-10)11-4-2-3-7-19-11/h5-6,11H,2-4,7-8,15H2,1H3,(H,16,17). The van der Waals surface area contributed by atoms with Gasteiger partial charge in [-0.3, -0.25) is 0 Å². The second-order valence-electron chi connectivity index (χ2n) is 4.84. The minimum atomic E-state index is 0.0761. The zero-order chi connectivity index (χ0) is 13.2. The highest BCUT2D eigenvalue weighted by Gasteiger charge is 2.21. The van der Waals surface area contributed by atoms with Crippen molar-refractivity contribution < 1.29 is 9.47 Å². The van der Waals surface area contributed by atoms with E-state index < -0.39 is 0 Å². The molecule has 1 fully saturated rings. The number of aromatic amines is 1. The fourth-order valence-electron chi connectivity index (χ4n) is 2.61. The van der Waals surface area contributed by atoms with E-state index in [1.165, 1.54) is 6.42 Å². The van der Waals surface area contributed by atoms with E-state index in [1.807, 2.05) is 12.1 Å². The van der Waals surface area contributed by atoms with Gasteiger partial charge in [0.05, 0.1) is 12.6 Å². The van der Waals surface area contributed by atoms with Crippen LogP contribution < -0.4 is 10.5 Å². The van der Waals surface area contributed by atoms with Crippen LogP contribution in [0, 0.1) is 0 Å². The van der Waals surface area contributed by atoms with Crippen molar-refractivity contribution in [2.45, 2.75) is 31.9 Å². The van der Waals surface area contributed by atoms with Crippen LogP contribution in [-0.4, -0.2) is 23.7 Å². The van der Waals surface area contributed by atoms with Gasteiger partial charge in [0, 0.05) is 18.7 Å². The fourth-order valence-corrected chi connectivity index (χ4v) is 2.61. The average molecular weight is 261 g/mol. The number of aromatic nitrogens is 2. The van der Waals surface area contributed by atoms with Crippen LogP contribution in [0.25, 0.3) is 11.0 Å². The van der Waals surface area contributed by atoms with Crippen molar-refractivity contribution in [2.75, 3.05) is 13.7 Å². The Bertz CT molecular complexity index is 573. The van der Waals surface area contributed by atoms with Gasteiger partial charge in [-0.1, -0.05) is 6.07 Å². The highest BCUT2D eigenvalue weighted by molar-refractivity contribution is 5.83. The van der Waals surface area contributed by atoms with E-state index in [0.717, 1.165) is 47.6 Å². The maximum atomic E-state index is 5.76. The third-order valence-corrected chi connectivity index (χ3v) is 3.62. The van der Waals surface area contributed by atoms with Crippen LogP contribution in [0.15, 0.2) is 12.1 Å². The van der Waals surface area contributed by atoms with Crippen molar-refractivity contribution >= 4 is 11.0 Å². The van der Waals surface area contributed by atoms with E-state index in [4.69, 9.17) is 15.2 Å². The lowest BCUT2D eigenvalue weighted by atomic mass is 10.1. The number of hydrogen-bond acceptors (Lipinski definition) is 4. The minimum absolute atomic E-state index is 0.0761. The molecule has 3 rings (SSSR count). The summed E-state index contributed by atoms with van der Waals surface area (Å²) in [5, 5.41) is 0. The van der Waals surface area contributed by atoms with Crippen LogP contribution in [0.5, 0.6) is 5.75 Å². The molecule has 3 N–H and O–H groups in total. The number of hydrogen-bond donors (Lipinski definition) is 2. The van der Waals surface area contributed by atoms with Gasteiger partial charge >= 0.3 is 0 Å². The smallest absolute Gasteiger partial charge is 0.151 e. The van der Waals surface area contributed by atoms with Gasteiger partial charge in [-0.05, 0) is 25.3 Å². The molecule has 5 heteroatoms. The Hall–Kier alpha value is -1.59. The quantitative estimate of drug-likeness (QED) is 0.889. The lowest BCUT2D eigenvalue weighted by molar-refractivity contribution is 0.0101. The number of ether oxygens (including phenoxy) is 2. The lowest BCUT2D eigenvalue weighted by Crippen LogP contribution is -2.12. The SMILES string of the molecule is COc1c(CN)ccc2[nH]c(C3CCCCO3)nc12. The average Bonchev–Trinajstić information content (AvgIpc) is 2.91. The van der Waals surface area contributed by atoms with Crippen molar-refractivity contribution in [1.82, 2.24) is 9.97 Å². The maximum Gasteiger partial charge on any atom is 0.151 e. The number of benzene rings is 1. The first-order valence-electron chi connectivity index (χ1n) is 6.70. The number of nitrogens with zero attached hydrogens (tertiary/aromatic N) is 1. The molecule has 1 unspecified atom stereocenters. The molecule has 1 aliphatic heterocycles. The number of nitrogens with two attached hydrogens (primary N) is 1. The molecule has 2 aromatic rings. The normalized spacial score (nSPS) is 19.8. The second-order valence-corrected chi connectivity index (χ2v) is 4.84. The molecule has 5 nitrogen and oxygen atoms in total. The minimum Gasteiger partial charge on any atom is -0.494 e. The molecule has 0 saturated carbocycles. The van der Waals surface area contributed by atoms with Crippen LogP contribution in [-0.2, 0) is 11.3 Å². The molecule has 1 saturated heterocycles. The van der Waals surface area contributed by atoms with Gasteiger partial charge in [0.2, 0.25) is 0 Å². The van der Waals surface area contributed by atoms with E-state index in [-0.39, 0.29) is 6.10 Å². The summed E-state index contributed by atoms with van der Waals surface area (Å²) in [4.78, 5) is 7.99. The second kappa shape index (κ2) is 5.19. The Balaban J connectivity index is 2.04. The van der Waals surface area contributed by atoms with Gasteiger partial charge in [-0.15, -0.1) is 0 Å². The summed E-state index contributed by atoms with van der Waals surface area (Å²) in [6.45, 7) is 1.26. The largest absolute Gasteiger partial charge is 0.494 e. The molecule has 1 aliphatic rings. The van der Waals surface area contributed by atoms with Crippen LogP contribution in [0.3, 0.4) is 0 Å². The summed E-state index contributed by atoms with van der Waals surface area (Å²) < 4.78 is 11.2. The van der Waals surface area contributed by atoms with Crippen LogP contribution >= 0.6 is 0 Å². The summed E-state index contributed by atoms with van der Waals surface area (Å²) in [5.41, 5.74) is 8.51. The molecule has 1 atom stereocenters. The van der Waals surface area contributed by atoms with Crippen LogP contribution in [0.2, 0.25) is 0 Å². The summed E-state index contributed by atoms with van der Waals surface area (Å²) in [7, 11) is 1.65. The Kier molecular flexibility index (Phi) is 3.40. The summed E-state index contributed by atoms with van der Waals surface area (Å²) in [6.07, 6.45) is 3.42. The molecule has 0 spiro atoms. The Morgan fingerprint density at radius 3 is 3.05 bits per heavy atom. The number of nitrogens with one attached hydrogen (secondary N) is 1. The van der Waals surface area contributed by atoms with Crippen molar-refractivity contribution in [3.8, 4) is 5.75 Å². The van der Waals surface area contributed by atoms with Crippen LogP contribution in [0.4, 0.5) is 0 Å². The zero-order valence-corrected chi connectivity index (χ0v) is 11.1. The van der Waals surface area contributed by atoms with Crippen molar-refractivity contribution in [1.29, 1.82) is 0 Å². The maximum absolute atomic E-state index is 5.76. The van der Waals surface area contributed by atoms with E-state index in [9.17, 15) is 0 Å². The van der Waals surface area contributed by atoms with Gasteiger partial charge < -0.3 is 20.2 Å². The van der Waals surface area contributed by atoms with Gasteiger partial charge in [0.1, 0.15) is 17.4 Å². The van der Waals surface area contributed by atoms with E-state index in [2.05, 4.69) is 9.97 Å². The number of fused-ring (bicyclic) bond motifs is 1. The topological polar surface area (TPSA) is 73.2 Å². The molecule has 1 aromatic heterocycles. The molecule has 0 amide bonds. The third kappa shape index (κ3) is 2.19. The number of methoxy groups -OCH3 is 1. The van der Waals surface area contributed by atoms with E-state index in [1.54, 1.807) is 7.11 Å². The summed E-state index contributed by atoms with van der Waals surface area (Å²) in [6, 6.07) is 3.98. The highest BCUT2D eigenvalue weighted by Crippen LogP contribution is 2.32. The predicted octanol–water partition coefficient (Wildman–Crippen LogP) is 2.27. The van der Waals surface area contributed by atoms with Gasteiger partial charge in [-0.25, -0.2) is 4.98 Å². The summed E-state index contributed by atoms with van der Waals surface area (Å²) in [5.74, 6) is 1.65. The Morgan fingerprint density at radius 2 is 2.37 bits per heavy atom. The van der Waals surface area contributed by atoms with E-state index in [0.29, 0.717) is 6.54 Å². The van der Waals surface area contributed by atoms with Crippen molar-refractivity contribution in [2.24, 2.45) is 5.73 Å². The number of H-pyrrole nitrogens is 1. The number of imidazole rings is 1. The first-order chi connectivity index (χ1) is 9.33. The highest BCUT2D eigenvalue weighted by atomic mass is 16.5. The molecule has 2 heterocycles. The fraction of sp³-hybridized carbons (Fsp3) is 0.500. The third-order valence-electron chi connectivity index (χ3n) is 3.62.